The van der Waals surface area contributed by atoms with Gasteiger partial charge in [0.05, 0.1) is 18.6 Å². The lowest BCUT2D eigenvalue weighted by Gasteiger charge is -2.04. The molecule has 0 aliphatic carbocycles. The summed E-state index contributed by atoms with van der Waals surface area (Å²) in [5.74, 6) is 0.702. The first-order valence-electron chi connectivity index (χ1n) is 8.42. The topological polar surface area (TPSA) is 50.7 Å². The van der Waals surface area contributed by atoms with Crippen LogP contribution in [-0.4, -0.2) is 18.2 Å². The number of carbonyl (C=O) groups is 1. The summed E-state index contributed by atoms with van der Waals surface area (Å²) >= 11 is 1.38. The van der Waals surface area contributed by atoms with Crippen molar-refractivity contribution in [1.29, 1.82) is 0 Å². The third-order valence-corrected chi connectivity index (χ3v) is 5.05. The SMILES string of the molecule is COc1ccc(/C=C2\SC(=NCc3cc(C)cc(C)c3)NC2=O)c(C)c1. The van der Waals surface area contributed by atoms with E-state index < -0.39 is 0 Å². The summed E-state index contributed by atoms with van der Waals surface area (Å²) in [7, 11) is 1.64. The van der Waals surface area contributed by atoms with Gasteiger partial charge in [0.1, 0.15) is 5.75 Å². The number of hydrogen-bond donors (Lipinski definition) is 1. The number of hydrogen-bond acceptors (Lipinski definition) is 4. The van der Waals surface area contributed by atoms with Crippen molar-refractivity contribution in [3.63, 3.8) is 0 Å². The number of methoxy groups -OCH3 is 1. The molecule has 26 heavy (non-hydrogen) atoms. The molecule has 1 N–H and O–H groups in total. The van der Waals surface area contributed by atoms with E-state index in [1.54, 1.807) is 7.11 Å². The molecule has 0 radical (unpaired) electrons. The minimum absolute atomic E-state index is 0.107. The molecule has 2 aromatic carbocycles. The maximum Gasteiger partial charge on any atom is 0.264 e. The molecule has 1 amide bonds. The smallest absolute Gasteiger partial charge is 0.264 e. The van der Waals surface area contributed by atoms with Crippen molar-refractivity contribution in [3.05, 3.63) is 69.1 Å². The van der Waals surface area contributed by atoms with Crippen LogP contribution in [0.25, 0.3) is 6.08 Å². The summed E-state index contributed by atoms with van der Waals surface area (Å²) in [6.45, 7) is 6.71. The van der Waals surface area contributed by atoms with Crippen LogP contribution >= 0.6 is 11.8 Å². The van der Waals surface area contributed by atoms with E-state index >= 15 is 0 Å². The van der Waals surface area contributed by atoms with Crippen LogP contribution in [0.3, 0.4) is 0 Å². The van der Waals surface area contributed by atoms with Crippen molar-refractivity contribution >= 4 is 28.9 Å². The van der Waals surface area contributed by atoms with Crippen molar-refractivity contribution in [2.45, 2.75) is 27.3 Å². The Balaban J connectivity index is 1.75. The molecule has 0 atom stereocenters. The van der Waals surface area contributed by atoms with Crippen LogP contribution < -0.4 is 10.1 Å². The van der Waals surface area contributed by atoms with Crippen LogP contribution in [-0.2, 0) is 11.3 Å². The highest BCUT2D eigenvalue weighted by atomic mass is 32.2. The zero-order chi connectivity index (χ0) is 18.7. The highest BCUT2D eigenvalue weighted by Crippen LogP contribution is 2.28. The predicted molar refractivity (Wildman–Crippen MR) is 108 cm³/mol. The first-order chi connectivity index (χ1) is 12.4. The highest BCUT2D eigenvalue weighted by Gasteiger charge is 2.23. The molecule has 0 aromatic heterocycles. The largest absolute Gasteiger partial charge is 0.497 e. The van der Waals surface area contributed by atoms with Gasteiger partial charge in [-0.1, -0.05) is 35.4 Å². The number of benzene rings is 2. The zero-order valence-electron chi connectivity index (χ0n) is 15.4. The second-order valence-electron chi connectivity index (χ2n) is 6.40. The van der Waals surface area contributed by atoms with Crippen LogP contribution in [0.2, 0.25) is 0 Å². The summed E-state index contributed by atoms with van der Waals surface area (Å²) in [6.07, 6.45) is 1.90. The van der Waals surface area contributed by atoms with Gasteiger partial charge in [0.15, 0.2) is 5.17 Å². The lowest BCUT2D eigenvalue weighted by molar-refractivity contribution is -0.115. The predicted octanol–water partition coefficient (Wildman–Crippen LogP) is 4.38. The fraction of sp³-hybridized carbons (Fsp3) is 0.238. The molecule has 1 heterocycles. The molecule has 1 aliphatic rings. The zero-order valence-corrected chi connectivity index (χ0v) is 16.2. The monoisotopic (exact) mass is 366 g/mol. The number of nitrogens with one attached hydrogen (secondary N) is 1. The minimum atomic E-state index is -0.107. The Labute approximate surface area is 158 Å². The molecule has 4 nitrogen and oxygen atoms in total. The third-order valence-electron chi connectivity index (χ3n) is 4.10. The fourth-order valence-electron chi connectivity index (χ4n) is 2.90. The van der Waals surface area contributed by atoms with E-state index in [-0.39, 0.29) is 5.91 Å². The number of aryl methyl sites for hydroxylation is 3. The quantitative estimate of drug-likeness (QED) is 0.817. The summed E-state index contributed by atoms with van der Waals surface area (Å²) in [6, 6.07) is 12.2. The van der Waals surface area contributed by atoms with Gasteiger partial charge in [-0.25, -0.2) is 0 Å². The number of thioether (sulfide) groups is 1. The minimum Gasteiger partial charge on any atom is -0.497 e. The van der Waals surface area contributed by atoms with Gasteiger partial charge in [0.25, 0.3) is 5.91 Å². The molecule has 3 rings (SSSR count). The lowest BCUT2D eigenvalue weighted by atomic mass is 10.1. The number of nitrogens with zero attached hydrogens (tertiary/aromatic N) is 1. The average Bonchev–Trinajstić information content (AvgIpc) is 2.94. The molecule has 1 aliphatic heterocycles. The Morgan fingerprint density at radius 1 is 1.12 bits per heavy atom. The Bertz CT molecular complexity index is 896. The fourth-order valence-corrected chi connectivity index (χ4v) is 3.71. The van der Waals surface area contributed by atoms with E-state index in [1.807, 2.05) is 31.2 Å². The number of amidine groups is 1. The Morgan fingerprint density at radius 3 is 2.50 bits per heavy atom. The number of amides is 1. The van der Waals surface area contributed by atoms with Gasteiger partial charge in [-0.3, -0.25) is 9.79 Å². The molecule has 1 saturated heterocycles. The first-order valence-corrected chi connectivity index (χ1v) is 9.23. The highest BCUT2D eigenvalue weighted by molar-refractivity contribution is 8.18. The molecular formula is C21H22N2O2S. The maximum absolute atomic E-state index is 12.2. The van der Waals surface area contributed by atoms with Crippen molar-refractivity contribution in [2.75, 3.05) is 7.11 Å². The van der Waals surface area contributed by atoms with Crippen molar-refractivity contribution in [3.8, 4) is 5.75 Å². The van der Waals surface area contributed by atoms with Crippen LogP contribution in [0.4, 0.5) is 0 Å². The van der Waals surface area contributed by atoms with Gasteiger partial charge in [0, 0.05) is 0 Å². The van der Waals surface area contributed by atoms with Crippen LogP contribution in [0.1, 0.15) is 27.8 Å². The van der Waals surface area contributed by atoms with Crippen LogP contribution in [0.15, 0.2) is 46.3 Å². The Kier molecular flexibility index (Phi) is 5.47. The van der Waals surface area contributed by atoms with E-state index in [0.717, 1.165) is 22.4 Å². The van der Waals surface area contributed by atoms with Gasteiger partial charge in [-0.2, -0.15) is 0 Å². The normalized spacial score (nSPS) is 17.0. The second kappa shape index (κ2) is 7.79. The van der Waals surface area contributed by atoms with E-state index in [1.165, 1.54) is 22.9 Å². The van der Waals surface area contributed by atoms with E-state index in [9.17, 15) is 4.79 Å². The van der Waals surface area contributed by atoms with Crippen molar-refractivity contribution in [1.82, 2.24) is 5.32 Å². The Morgan fingerprint density at radius 2 is 1.85 bits per heavy atom. The number of rotatable bonds is 4. The molecule has 134 valence electrons. The summed E-state index contributed by atoms with van der Waals surface area (Å²) in [5, 5.41) is 3.49. The lowest BCUT2D eigenvalue weighted by Crippen LogP contribution is -2.19. The standard InChI is InChI=1S/C21H22N2O2S/c1-13-7-14(2)9-16(8-13)12-22-21-23-20(24)19(26-21)11-17-5-6-18(25-4)10-15(17)3/h5-11H,12H2,1-4H3,(H,22,23,24)/b19-11-. The van der Waals surface area contributed by atoms with Gasteiger partial charge in [-0.05, 0) is 67.4 Å². The van der Waals surface area contributed by atoms with E-state index in [0.29, 0.717) is 16.6 Å². The van der Waals surface area contributed by atoms with Gasteiger partial charge in [-0.15, -0.1) is 0 Å². The molecule has 0 saturated carbocycles. The number of aliphatic imine (C=N–C) groups is 1. The van der Waals surface area contributed by atoms with Crippen LogP contribution in [0, 0.1) is 20.8 Å². The third kappa shape index (κ3) is 4.35. The van der Waals surface area contributed by atoms with Crippen molar-refractivity contribution in [2.24, 2.45) is 4.99 Å². The second-order valence-corrected chi connectivity index (χ2v) is 7.44. The summed E-state index contributed by atoms with van der Waals surface area (Å²) in [5.41, 5.74) is 5.65. The summed E-state index contributed by atoms with van der Waals surface area (Å²) < 4.78 is 5.22. The molecule has 0 bridgehead atoms. The molecule has 2 aromatic rings. The van der Waals surface area contributed by atoms with Crippen LogP contribution in [0.5, 0.6) is 5.75 Å². The van der Waals surface area contributed by atoms with Gasteiger partial charge in [0.2, 0.25) is 0 Å². The summed E-state index contributed by atoms with van der Waals surface area (Å²) in [4.78, 5) is 17.4. The van der Waals surface area contributed by atoms with Crippen molar-refractivity contribution < 1.29 is 9.53 Å². The number of ether oxygens (including phenoxy) is 1. The molecule has 1 fully saturated rings. The Hall–Kier alpha value is -2.53. The molecule has 5 heteroatoms. The molecule has 0 unspecified atom stereocenters. The van der Waals surface area contributed by atoms with E-state index in [4.69, 9.17) is 4.74 Å². The van der Waals surface area contributed by atoms with E-state index in [2.05, 4.69) is 42.4 Å². The molecular weight excluding hydrogens is 344 g/mol. The first kappa shape index (κ1) is 18.3. The average molecular weight is 366 g/mol. The van der Waals surface area contributed by atoms with Gasteiger partial charge < -0.3 is 10.1 Å². The van der Waals surface area contributed by atoms with Gasteiger partial charge >= 0.3 is 0 Å². The molecule has 0 spiro atoms. The maximum atomic E-state index is 12.2. The number of carbonyl (C=O) groups excluding carboxylic acids is 1.